The lowest BCUT2D eigenvalue weighted by Gasteiger charge is -2.18. The molecule has 0 aliphatic carbocycles. The maximum atomic E-state index is 12.6. The molecule has 2 aromatic rings. The van der Waals surface area contributed by atoms with Crippen LogP contribution in [0.15, 0.2) is 45.8 Å². The van der Waals surface area contributed by atoms with E-state index in [1.54, 1.807) is 39.1 Å². The number of carbonyl (C=O) groups is 1. The highest BCUT2D eigenvalue weighted by Gasteiger charge is 2.23. The van der Waals surface area contributed by atoms with Crippen molar-refractivity contribution in [3.8, 4) is 0 Å². The fraction of sp³-hybridized carbons (Fsp3) is 0.294. The molecule has 0 fully saturated rings. The van der Waals surface area contributed by atoms with Gasteiger partial charge in [0.25, 0.3) is 5.56 Å². The zero-order valence-corrected chi connectivity index (χ0v) is 15.5. The summed E-state index contributed by atoms with van der Waals surface area (Å²) in [5.41, 5.74) is 0.206. The molecule has 0 spiro atoms. The lowest BCUT2D eigenvalue weighted by atomic mass is 9.95. The van der Waals surface area contributed by atoms with Crippen molar-refractivity contribution in [2.75, 3.05) is 5.32 Å². The highest BCUT2D eigenvalue weighted by atomic mass is 79.9. The van der Waals surface area contributed by atoms with Gasteiger partial charge in [0.2, 0.25) is 5.91 Å². The number of hydrogen-bond donors (Lipinski definition) is 1. The molecule has 0 saturated carbocycles. The topological polar surface area (TPSA) is 51.1 Å². The molecule has 122 valence electrons. The normalized spacial score (nSPS) is 11.3. The fourth-order valence-corrected chi connectivity index (χ4v) is 2.48. The van der Waals surface area contributed by atoms with Crippen LogP contribution >= 0.6 is 27.5 Å². The third-order valence-electron chi connectivity index (χ3n) is 3.33. The summed E-state index contributed by atoms with van der Waals surface area (Å²) in [7, 11) is 0. The second kappa shape index (κ2) is 6.89. The number of aromatic nitrogens is 1. The Balaban J connectivity index is 2.38. The van der Waals surface area contributed by atoms with E-state index >= 15 is 0 Å². The van der Waals surface area contributed by atoms with E-state index in [4.69, 9.17) is 11.6 Å². The number of halogens is 2. The molecule has 23 heavy (non-hydrogen) atoms. The van der Waals surface area contributed by atoms with Gasteiger partial charge in [0.05, 0.1) is 6.54 Å². The summed E-state index contributed by atoms with van der Waals surface area (Å²) >= 11 is 9.47. The number of carbonyl (C=O) groups excluding carboxylic acids is 1. The van der Waals surface area contributed by atoms with Gasteiger partial charge in [-0.15, -0.1) is 0 Å². The summed E-state index contributed by atoms with van der Waals surface area (Å²) in [6, 6.07) is 9.09. The number of pyridine rings is 1. The van der Waals surface area contributed by atoms with Crippen molar-refractivity contribution in [2.24, 2.45) is 5.41 Å². The molecule has 0 radical (unpaired) electrons. The van der Waals surface area contributed by atoms with Crippen LogP contribution in [0.5, 0.6) is 0 Å². The smallest absolute Gasteiger partial charge is 0.275 e. The van der Waals surface area contributed by atoms with E-state index in [1.807, 2.05) is 18.2 Å². The Kier molecular flexibility index (Phi) is 5.32. The Morgan fingerprint density at radius 2 is 1.91 bits per heavy atom. The number of amides is 1. The number of rotatable bonds is 3. The molecule has 0 saturated heterocycles. The molecule has 1 amide bonds. The van der Waals surface area contributed by atoms with Crippen LogP contribution in [0.4, 0.5) is 5.69 Å². The van der Waals surface area contributed by atoms with Gasteiger partial charge in [-0.1, -0.05) is 50.6 Å². The van der Waals surface area contributed by atoms with Gasteiger partial charge in [-0.3, -0.25) is 9.59 Å². The first kappa shape index (κ1) is 17.8. The van der Waals surface area contributed by atoms with Crippen molar-refractivity contribution < 1.29 is 4.79 Å². The minimum Gasteiger partial charge on any atom is -0.320 e. The Bertz CT molecular complexity index is 794. The SMILES string of the molecule is CC(C)(C)C(=O)Nc1c(Br)ccn(Cc2ccccc2Cl)c1=O. The summed E-state index contributed by atoms with van der Waals surface area (Å²) in [6.07, 6.45) is 1.67. The van der Waals surface area contributed by atoms with E-state index in [-0.39, 0.29) is 17.2 Å². The predicted octanol–water partition coefficient (Wildman–Crippen LogP) is 4.30. The average molecular weight is 398 g/mol. The number of anilines is 1. The molecule has 2 rings (SSSR count). The van der Waals surface area contributed by atoms with Crippen molar-refractivity contribution in [3.63, 3.8) is 0 Å². The second-order valence-electron chi connectivity index (χ2n) is 6.27. The summed E-state index contributed by atoms with van der Waals surface area (Å²) in [5, 5.41) is 3.31. The van der Waals surface area contributed by atoms with Gasteiger partial charge in [-0.25, -0.2) is 0 Å². The minimum atomic E-state index is -0.588. The molecular formula is C17H18BrClN2O2. The molecule has 4 nitrogen and oxygen atoms in total. The van der Waals surface area contributed by atoms with E-state index in [0.29, 0.717) is 16.0 Å². The predicted molar refractivity (Wildman–Crippen MR) is 97.0 cm³/mol. The van der Waals surface area contributed by atoms with Gasteiger partial charge in [0.15, 0.2) is 0 Å². The van der Waals surface area contributed by atoms with Gasteiger partial charge in [0.1, 0.15) is 5.69 Å². The quantitative estimate of drug-likeness (QED) is 0.839. The number of nitrogens with one attached hydrogen (secondary N) is 1. The van der Waals surface area contributed by atoms with Crippen LogP contribution in [0.1, 0.15) is 26.3 Å². The number of nitrogens with zero attached hydrogens (tertiary/aromatic N) is 1. The summed E-state index contributed by atoms with van der Waals surface area (Å²) < 4.78 is 2.07. The molecule has 0 bridgehead atoms. The van der Waals surface area contributed by atoms with Crippen molar-refractivity contribution in [1.82, 2.24) is 4.57 Å². The van der Waals surface area contributed by atoms with Gasteiger partial charge < -0.3 is 9.88 Å². The van der Waals surface area contributed by atoms with Crippen molar-refractivity contribution in [3.05, 3.63) is 61.9 Å². The number of hydrogen-bond acceptors (Lipinski definition) is 2. The van der Waals surface area contributed by atoms with Gasteiger partial charge in [-0.05, 0) is 33.6 Å². The van der Waals surface area contributed by atoms with Crippen LogP contribution in [0.3, 0.4) is 0 Å². The molecule has 6 heteroatoms. The summed E-state index contributed by atoms with van der Waals surface area (Å²) in [6.45, 7) is 5.72. The molecular weight excluding hydrogens is 380 g/mol. The molecule has 1 aromatic carbocycles. The maximum absolute atomic E-state index is 12.6. The lowest BCUT2D eigenvalue weighted by Crippen LogP contribution is -2.32. The molecule has 0 atom stereocenters. The highest BCUT2D eigenvalue weighted by Crippen LogP contribution is 2.22. The zero-order valence-electron chi connectivity index (χ0n) is 13.2. The van der Waals surface area contributed by atoms with Crippen LogP contribution in [0, 0.1) is 5.41 Å². The van der Waals surface area contributed by atoms with Crippen molar-refractivity contribution in [2.45, 2.75) is 27.3 Å². The Labute approximate surface area is 148 Å². The highest BCUT2D eigenvalue weighted by molar-refractivity contribution is 9.10. The maximum Gasteiger partial charge on any atom is 0.275 e. The standard InChI is InChI=1S/C17H18BrClN2O2/c1-17(2,3)16(23)20-14-12(18)8-9-21(15(14)22)10-11-6-4-5-7-13(11)19/h4-9H,10H2,1-3H3,(H,20,23). The first-order chi connectivity index (χ1) is 10.7. The monoisotopic (exact) mass is 396 g/mol. The van der Waals surface area contributed by atoms with Gasteiger partial charge in [-0.2, -0.15) is 0 Å². The van der Waals surface area contributed by atoms with E-state index in [9.17, 15) is 9.59 Å². The van der Waals surface area contributed by atoms with E-state index in [2.05, 4.69) is 21.2 Å². The van der Waals surface area contributed by atoms with Crippen LogP contribution in [0.25, 0.3) is 0 Å². The first-order valence-electron chi connectivity index (χ1n) is 7.14. The molecule has 0 unspecified atom stereocenters. The van der Waals surface area contributed by atoms with E-state index < -0.39 is 5.41 Å². The van der Waals surface area contributed by atoms with Gasteiger partial charge >= 0.3 is 0 Å². The largest absolute Gasteiger partial charge is 0.320 e. The number of benzene rings is 1. The molecule has 0 aliphatic rings. The summed E-state index contributed by atoms with van der Waals surface area (Å²) in [4.78, 5) is 24.8. The minimum absolute atomic E-state index is 0.217. The lowest BCUT2D eigenvalue weighted by molar-refractivity contribution is -0.123. The van der Waals surface area contributed by atoms with Crippen molar-refractivity contribution in [1.29, 1.82) is 0 Å². The second-order valence-corrected chi connectivity index (χ2v) is 7.53. The summed E-state index contributed by atoms with van der Waals surface area (Å²) in [5.74, 6) is -0.217. The molecule has 0 aliphatic heterocycles. The fourth-order valence-electron chi connectivity index (χ4n) is 1.90. The van der Waals surface area contributed by atoms with Crippen LogP contribution in [-0.2, 0) is 11.3 Å². The van der Waals surface area contributed by atoms with Crippen LogP contribution in [0.2, 0.25) is 5.02 Å². The van der Waals surface area contributed by atoms with Crippen molar-refractivity contribution >= 4 is 39.1 Å². The average Bonchev–Trinajstić information content (AvgIpc) is 2.47. The molecule has 1 heterocycles. The van der Waals surface area contributed by atoms with Crippen LogP contribution in [-0.4, -0.2) is 10.5 Å². The third kappa shape index (κ3) is 4.24. The Hall–Kier alpha value is -1.59. The van der Waals surface area contributed by atoms with E-state index in [0.717, 1.165) is 5.56 Å². The molecule has 1 aromatic heterocycles. The zero-order chi connectivity index (χ0) is 17.2. The van der Waals surface area contributed by atoms with Gasteiger partial charge in [0, 0.05) is 21.1 Å². The first-order valence-corrected chi connectivity index (χ1v) is 8.31. The van der Waals surface area contributed by atoms with Crippen LogP contribution < -0.4 is 10.9 Å². The van der Waals surface area contributed by atoms with E-state index in [1.165, 1.54) is 4.57 Å². The molecule has 1 N–H and O–H groups in total. The Morgan fingerprint density at radius 1 is 1.26 bits per heavy atom. The third-order valence-corrected chi connectivity index (χ3v) is 4.36. The Morgan fingerprint density at radius 3 is 2.52 bits per heavy atom.